The first-order valence-electron chi connectivity index (χ1n) is 5.60. The van der Waals surface area contributed by atoms with Crippen molar-refractivity contribution in [1.82, 2.24) is 0 Å². The van der Waals surface area contributed by atoms with Crippen molar-refractivity contribution in [3.8, 4) is 0 Å². The molecule has 0 atom stereocenters. The van der Waals surface area contributed by atoms with Crippen LogP contribution in [0.25, 0.3) is 0 Å². The molecule has 1 aromatic carbocycles. The van der Waals surface area contributed by atoms with Crippen molar-refractivity contribution in [2.45, 2.75) is 31.7 Å². The summed E-state index contributed by atoms with van der Waals surface area (Å²) in [6, 6.07) is 8.00. The van der Waals surface area contributed by atoms with Gasteiger partial charge in [-0.2, -0.15) is 0 Å². The lowest BCUT2D eigenvalue weighted by atomic mass is 9.76. The predicted octanol–water partition coefficient (Wildman–Crippen LogP) is 2.50. The number of para-hydroxylation sites is 1. The fraction of sp³-hybridized carbons (Fsp3) is 0.462. The Morgan fingerprint density at radius 3 is 2.56 bits per heavy atom. The van der Waals surface area contributed by atoms with Crippen LogP contribution in [0.15, 0.2) is 24.3 Å². The van der Waals surface area contributed by atoms with Crippen LogP contribution in [0.5, 0.6) is 0 Å². The van der Waals surface area contributed by atoms with Gasteiger partial charge in [-0.25, -0.2) is 4.79 Å². The molecular formula is C13H17NO2. The SMILES string of the molecule is COC(=O)C1(Nc2ccccc2C)CCC1. The highest BCUT2D eigenvalue weighted by molar-refractivity contribution is 5.86. The molecule has 0 radical (unpaired) electrons. The summed E-state index contributed by atoms with van der Waals surface area (Å²) < 4.78 is 4.87. The first-order chi connectivity index (χ1) is 7.68. The fourth-order valence-electron chi connectivity index (χ4n) is 2.08. The van der Waals surface area contributed by atoms with Gasteiger partial charge in [-0.05, 0) is 37.8 Å². The predicted molar refractivity (Wildman–Crippen MR) is 63.4 cm³/mol. The number of nitrogens with one attached hydrogen (secondary N) is 1. The lowest BCUT2D eigenvalue weighted by molar-refractivity contribution is -0.149. The number of anilines is 1. The molecule has 0 unspecified atom stereocenters. The molecule has 3 nitrogen and oxygen atoms in total. The molecule has 1 aromatic rings. The van der Waals surface area contributed by atoms with Crippen LogP contribution in [0, 0.1) is 6.92 Å². The Balaban J connectivity index is 2.19. The largest absolute Gasteiger partial charge is 0.467 e. The molecule has 2 rings (SSSR count). The second-order valence-corrected chi connectivity index (χ2v) is 4.37. The Labute approximate surface area is 95.8 Å². The van der Waals surface area contributed by atoms with Gasteiger partial charge in [0, 0.05) is 5.69 Å². The second kappa shape index (κ2) is 4.16. The number of benzene rings is 1. The van der Waals surface area contributed by atoms with Crippen molar-refractivity contribution in [3.63, 3.8) is 0 Å². The number of esters is 1. The molecule has 0 bridgehead atoms. The molecule has 0 heterocycles. The quantitative estimate of drug-likeness (QED) is 0.794. The number of methoxy groups -OCH3 is 1. The molecule has 0 aromatic heterocycles. The van der Waals surface area contributed by atoms with Gasteiger partial charge in [0.2, 0.25) is 0 Å². The van der Waals surface area contributed by atoms with Gasteiger partial charge >= 0.3 is 5.97 Å². The summed E-state index contributed by atoms with van der Waals surface area (Å²) in [7, 11) is 1.45. The molecule has 3 heteroatoms. The monoisotopic (exact) mass is 219 g/mol. The number of aryl methyl sites for hydroxylation is 1. The molecular weight excluding hydrogens is 202 g/mol. The maximum absolute atomic E-state index is 11.7. The number of rotatable bonds is 3. The van der Waals surface area contributed by atoms with Crippen molar-refractivity contribution < 1.29 is 9.53 Å². The molecule has 1 aliphatic rings. The molecule has 1 saturated carbocycles. The number of ether oxygens (including phenoxy) is 1. The van der Waals surface area contributed by atoms with E-state index >= 15 is 0 Å². The van der Waals surface area contributed by atoms with Gasteiger partial charge < -0.3 is 10.1 Å². The van der Waals surface area contributed by atoms with Crippen LogP contribution in [0.1, 0.15) is 24.8 Å². The van der Waals surface area contributed by atoms with Crippen LogP contribution in [0.3, 0.4) is 0 Å². The van der Waals surface area contributed by atoms with E-state index in [-0.39, 0.29) is 5.97 Å². The van der Waals surface area contributed by atoms with Gasteiger partial charge in [0.1, 0.15) is 5.54 Å². The number of carbonyl (C=O) groups excluding carboxylic acids is 1. The zero-order chi connectivity index (χ0) is 11.6. The minimum Gasteiger partial charge on any atom is -0.467 e. The van der Waals surface area contributed by atoms with Crippen LogP contribution in [0.2, 0.25) is 0 Å². The Morgan fingerprint density at radius 1 is 1.38 bits per heavy atom. The summed E-state index contributed by atoms with van der Waals surface area (Å²) >= 11 is 0. The Morgan fingerprint density at radius 2 is 2.06 bits per heavy atom. The second-order valence-electron chi connectivity index (χ2n) is 4.37. The van der Waals surface area contributed by atoms with Crippen LogP contribution in [-0.2, 0) is 9.53 Å². The van der Waals surface area contributed by atoms with E-state index in [2.05, 4.69) is 5.32 Å². The molecule has 16 heavy (non-hydrogen) atoms. The minimum atomic E-state index is -0.485. The zero-order valence-electron chi connectivity index (χ0n) is 9.75. The van der Waals surface area contributed by atoms with E-state index in [9.17, 15) is 4.79 Å². The molecule has 86 valence electrons. The van der Waals surface area contributed by atoms with E-state index in [1.54, 1.807) is 0 Å². The molecule has 1 N–H and O–H groups in total. The van der Waals surface area contributed by atoms with Crippen molar-refractivity contribution in [1.29, 1.82) is 0 Å². The summed E-state index contributed by atoms with van der Waals surface area (Å²) in [6.07, 6.45) is 2.79. The minimum absolute atomic E-state index is 0.151. The first-order valence-corrected chi connectivity index (χ1v) is 5.60. The Bertz CT molecular complexity index is 397. The van der Waals surface area contributed by atoms with Gasteiger partial charge in [-0.3, -0.25) is 0 Å². The highest BCUT2D eigenvalue weighted by atomic mass is 16.5. The van der Waals surface area contributed by atoms with Crippen LogP contribution in [0.4, 0.5) is 5.69 Å². The summed E-state index contributed by atoms with van der Waals surface area (Å²) in [5.74, 6) is -0.151. The summed E-state index contributed by atoms with van der Waals surface area (Å²) in [6.45, 7) is 2.03. The Kier molecular flexibility index (Phi) is 2.86. The van der Waals surface area contributed by atoms with Gasteiger partial charge in [-0.1, -0.05) is 18.2 Å². The summed E-state index contributed by atoms with van der Waals surface area (Å²) in [5.41, 5.74) is 1.69. The third kappa shape index (κ3) is 1.77. The number of carbonyl (C=O) groups is 1. The van der Waals surface area contributed by atoms with Crippen molar-refractivity contribution in [2.24, 2.45) is 0 Å². The van der Waals surface area contributed by atoms with Gasteiger partial charge in [0.25, 0.3) is 0 Å². The number of hydrogen-bond donors (Lipinski definition) is 1. The Hall–Kier alpha value is -1.51. The third-order valence-corrected chi connectivity index (χ3v) is 3.30. The number of hydrogen-bond acceptors (Lipinski definition) is 3. The van der Waals surface area contributed by atoms with E-state index in [0.717, 1.165) is 30.5 Å². The first kappa shape index (κ1) is 11.0. The highest BCUT2D eigenvalue weighted by Gasteiger charge is 2.45. The van der Waals surface area contributed by atoms with E-state index in [0.29, 0.717) is 0 Å². The maximum atomic E-state index is 11.7. The van der Waals surface area contributed by atoms with Crippen LogP contribution >= 0.6 is 0 Å². The van der Waals surface area contributed by atoms with Crippen molar-refractivity contribution >= 4 is 11.7 Å². The highest BCUT2D eigenvalue weighted by Crippen LogP contribution is 2.37. The van der Waals surface area contributed by atoms with Crippen LogP contribution in [-0.4, -0.2) is 18.6 Å². The van der Waals surface area contributed by atoms with Gasteiger partial charge in [-0.15, -0.1) is 0 Å². The lowest BCUT2D eigenvalue weighted by Crippen LogP contribution is -2.52. The molecule has 1 aliphatic carbocycles. The van der Waals surface area contributed by atoms with Gasteiger partial charge in [0.05, 0.1) is 7.11 Å². The molecule has 0 aliphatic heterocycles. The van der Waals surface area contributed by atoms with Crippen molar-refractivity contribution in [2.75, 3.05) is 12.4 Å². The molecule has 0 spiro atoms. The average molecular weight is 219 g/mol. The molecule has 1 fully saturated rings. The van der Waals surface area contributed by atoms with Crippen molar-refractivity contribution in [3.05, 3.63) is 29.8 Å². The van der Waals surface area contributed by atoms with E-state index in [1.807, 2.05) is 31.2 Å². The van der Waals surface area contributed by atoms with Crippen LogP contribution < -0.4 is 5.32 Å². The summed E-state index contributed by atoms with van der Waals surface area (Å²) in [5, 5.41) is 3.34. The zero-order valence-corrected chi connectivity index (χ0v) is 9.75. The molecule has 0 saturated heterocycles. The topological polar surface area (TPSA) is 38.3 Å². The lowest BCUT2D eigenvalue weighted by Gasteiger charge is -2.40. The fourth-order valence-corrected chi connectivity index (χ4v) is 2.08. The smallest absolute Gasteiger partial charge is 0.331 e. The molecule has 0 amide bonds. The normalized spacial score (nSPS) is 17.4. The third-order valence-electron chi connectivity index (χ3n) is 3.30. The van der Waals surface area contributed by atoms with E-state index < -0.39 is 5.54 Å². The van der Waals surface area contributed by atoms with E-state index in [4.69, 9.17) is 4.74 Å². The van der Waals surface area contributed by atoms with Gasteiger partial charge in [0.15, 0.2) is 0 Å². The summed E-state index contributed by atoms with van der Waals surface area (Å²) in [4.78, 5) is 11.7. The average Bonchev–Trinajstić information content (AvgIpc) is 2.25. The van der Waals surface area contributed by atoms with E-state index in [1.165, 1.54) is 7.11 Å². The maximum Gasteiger partial charge on any atom is 0.331 e. The standard InChI is InChI=1S/C13H17NO2/c1-10-6-3-4-7-11(10)14-13(8-5-9-13)12(15)16-2/h3-4,6-7,14H,5,8-9H2,1-2H3.